The Kier molecular flexibility index (Phi) is 3.72. The van der Waals surface area contributed by atoms with Gasteiger partial charge < -0.3 is 4.90 Å². The second-order valence-corrected chi connectivity index (χ2v) is 8.68. The molecule has 0 bridgehead atoms. The molecule has 6 heteroatoms. The van der Waals surface area contributed by atoms with Crippen molar-refractivity contribution in [1.29, 1.82) is 0 Å². The average molecular weight is 356 g/mol. The van der Waals surface area contributed by atoms with E-state index < -0.39 is 5.54 Å². The lowest BCUT2D eigenvalue weighted by atomic mass is 9.87. The van der Waals surface area contributed by atoms with Crippen molar-refractivity contribution in [3.8, 4) is 11.1 Å². The van der Waals surface area contributed by atoms with Gasteiger partial charge in [-0.25, -0.2) is 0 Å². The summed E-state index contributed by atoms with van der Waals surface area (Å²) in [5.74, 6) is -0.108. The zero-order valence-corrected chi connectivity index (χ0v) is 15.1. The number of rotatable bonds is 1. The van der Waals surface area contributed by atoms with Gasteiger partial charge in [-0.2, -0.15) is 0 Å². The number of aryl methyl sites for hydroxylation is 1. The van der Waals surface area contributed by atoms with E-state index in [9.17, 15) is 4.79 Å². The second kappa shape index (κ2) is 5.16. The molecule has 3 rings (SSSR count). The van der Waals surface area contributed by atoms with Gasteiger partial charge in [0.15, 0.2) is 0 Å². The molecule has 1 aromatic heterocycles. The van der Waals surface area contributed by atoms with E-state index in [0.717, 1.165) is 31.1 Å². The highest BCUT2D eigenvalue weighted by molar-refractivity contribution is 7.80. The van der Waals surface area contributed by atoms with Crippen molar-refractivity contribution in [3.63, 3.8) is 0 Å². The fourth-order valence-corrected chi connectivity index (χ4v) is 6.25. The Balaban J connectivity index is 2.39. The van der Waals surface area contributed by atoms with E-state index in [-0.39, 0.29) is 11.8 Å². The number of carbonyl (C=O) groups is 1. The molecule has 0 saturated carbocycles. The van der Waals surface area contributed by atoms with E-state index >= 15 is 0 Å². The third-order valence-corrected chi connectivity index (χ3v) is 7.33. The molecule has 1 aliphatic heterocycles. The van der Waals surface area contributed by atoms with Gasteiger partial charge in [0.1, 0.15) is 9.70 Å². The second-order valence-electron chi connectivity index (χ2n) is 5.60. The molecule has 0 saturated heterocycles. The van der Waals surface area contributed by atoms with Crippen LogP contribution in [0.25, 0.3) is 11.1 Å². The molecular formula is C15H14ClNOS3. The standard InChI is InChI=1S/C15H14ClNOS3/c1-8-4-5-10-9(6-8)12-13(20-21-14(12)19)15(2,3)17(10)11(18)7-16/h4-6H,7H2,1-3H3. The van der Waals surface area contributed by atoms with Crippen LogP contribution in [-0.4, -0.2) is 11.8 Å². The topological polar surface area (TPSA) is 20.3 Å². The summed E-state index contributed by atoms with van der Waals surface area (Å²) in [7, 11) is 3.26. The fourth-order valence-electron chi connectivity index (χ4n) is 2.85. The Morgan fingerprint density at radius 1 is 1.38 bits per heavy atom. The van der Waals surface area contributed by atoms with Crippen molar-refractivity contribution in [3.05, 3.63) is 32.5 Å². The van der Waals surface area contributed by atoms with Gasteiger partial charge in [0.25, 0.3) is 0 Å². The lowest BCUT2D eigenvalue weighted by Crippen LogP contribution is -2.48. The summed E-state index contributed by atoms with van der Waals surface area (Å²) in [6, 6.07) is 6.12. The van der Waals surface area contributed by atoms with Crippen LogP contribution >= 0.6 is 44.5 Å². The number of anilines is 1. The number of fused-ring (bicyclic) bond motifs is 3. The largest absolute Gasteiger partial charge is 0.300 e. The minimum absolute atomic E-state index is 0.0262. The number of benzene rings is 1. The van der Waals surface area contributed by atoms with Crippen molar-refractivity contribution in [1.82, 2.24) is 0 Å². The zero-order chi connectivity index (χ0) is 15.4. The smallest absolute Gasteiger partial charge is 0.242 e. The number of nitrogens with zero attached hydrogens (tertiary/aromatic N) is 1. The van der Waals surface area contributed by atoms with Crippen molar-refractivity contribution in [2.24, 2.45) is 0 Å². The minimum atomic E-state index is -0.429. The molecule has 0 N–H and O–H groups in total. The van der Waals surface area contributed by atoms with Crippen LogP contribution in [0.3, 0.4) is 0 Å². The molecule has 2 aromatic rings. The SMILES string of the molecule is Cc1ccc2c(c1)-c1c(ssc1=S)C(C)(C)N2C(=O)CCl. The highest BCUT2D eigenvalue weighted by Crippen LogP contribution is 2.52. The Labute approximate surface area is 141 Å². The number of carbonyl (C=O) groups excluding carboxylic acids is 1. The maximum atomic E-state index is 12.4. The lowest BCUT2D eigenvalue weighted by Gasteiger charge is -2.42. The number of alkyl halides is 1. The number of amides is 1. The quantitative estimate of drug-likeness (QED) is 0.391. The highest BCUT2D eigenvalue weighted by atomic mass is 35.5. The zero-order valence-electron chi connectivity index (χ0n) is 11.9. The average Bonchev–Trinajstić information content (AvgIpc) is 2.82. The summed E-state index contributed by atoms with van der Waals surface area (Å²) in [4.78, 5) is 15.4. The molecule has 0 atom stereocenters. The van der Waals surface area contributed by atoms with Crippen LogP contribution in [0.2, 0.25) is 0 Å². The van der Waals surface area contributed by atoms with E-state index in [1.807, 2.05) is 24.0 Å². The predicted octanol–water partition coefficient (Wildman–Crippen LogP) is 5.34. The summed E-state index contributed by atoms with van der Waals surface area (Å²) >= 11 is 11.4. The van der Waals surface area contributed by atoms with Crippen LogP contribution in [0.4, 0.5) is 5.69 Å². The molecule has 110 valence electrons. The van der Waals surface area contributed by atoms with Crippen molar-refractivity contribution in [2.75, 3.05) is 10.8 Å². The third kappa shape index (κ3) is 2.18. The molecule has 0 unspecified atom stereocenters. The van der Waals surface area contributed by atoms with Gasteiger partial charge in [0.05, 0.1) is 16.1 Å². The van der Waals surface area contributed by atoms with Crippen LogP contribution in [0.15, 0.2) is 18.2 Å². The van der Waals surface area contributed by atoms with Crippen molar-refractivity contribution < 1.29 is 4.79 Å². The van der Waals surface area contributed by atoms with E-state index in [0.29, 0.717) is 0 Å². The minimum Gasteiger partial charge on any atom is -0.300 e. The molecule has 0 fully saturated rings. The number of halogens is 1. The monoisotopic (exact) mass is 355 g/mol. The van der Waals surface area contributed by atoms with Crippen LogP contribution in [0.1, 0.15) is 24.3 Å². The molecule has 0 aliphatic carbocycles. The molecule has 1 amide bonds. The van der Waals surface area contributed by atoms with E-state index in [2.05, 4.69) is 19.9 Å². The first-order chi connectivity index (χ1) is 9.87. The third-order valence-electron chi connectivity index (χ3n) is 3.77. The first-order valence-electron chi connectivity index (χ1n) is 6.51. The predicted molar refractivity (Wildman–Crippen MR) is 94.4 cm³/mol. The van der Waals surface area contributed by atoms with Crippen LogP contribution in [-0.2, 0) is 10.3 Å². The summed E-state index contributed by atoms with van der Waals surface area (Å²) in [6.45, 7) is 6.15. The molecule has 21 heavy (non-hydrogen) atoms. The van der Waals surface area contributed by atoms with Crippen LogP contribution < -0.4 is 4.90 Å². The number of hydrogen-bond acceptors (Lipinski definition) is 4. The summed E-state index contributed by atoms with van der Waals surface area (Å²) in [5.41, 5.74) is 3.79. The molecule has 2 nitrogen and oxygen atoms in total. The maximum absolute atomic E-state index is 12.4. The van der Waals surface area contributed by atoms with E-state index in [1.54, 1.807) is 20.7 Å². The van der Waals surface area contributed by atoms with Gasteiger partial charge in [-0.3, -0.25) is 4.79 Å². The van der Waals surface area contributed by atoms with Crippen molar-refractivity contribution >= 4 is 56.1 Å². The Morgan fingerprint density at radius 2 is 2.10 bits per heavy atom. The molecule has 1 aliphatic rings. The van der Waals surface area contributed by atoms with Crippen LogP contribution in [0, 0.1) is 10.7 Å². The highest BCUT2D eigenvalue weighted by Gasteiger charge is 2.42. The Bertz CT molecular complexity index is 790. The molecule has 0 radical (unpaired) electrons. The molecule has 1 aromatic carbocycles. The first kappa shape index (κ1) is 15.2. The van der Waals surface area contributed by atoms with Gasteiger partial charge in [-0.15, -0.1) is 11.6 Å². The Morgan fingerprint density at radius 3 is 2.76 bits per heavy atom. The molecule has 2 heterocycles. The van der Waals surface area contributed by atoms with Crippen molar-refractivity contribution in [2.45, 2.75) is 26.3 Å². The van der Waals surface area contributed by atoms with Gasteiger partial charge in [0.2, 0.25) is 5.91 Å². The molecule has 0 spiro atoms. The van der Waals surface area contributed by atoms with Gasteiger partial charge >= 0.3 is 0 Å². The summed E-state index contributed by atoms with van der Waals surface area (Å²) in [5, 5.41) is 0. The van der Waals surface area contributed by atoms with Gasteiger partial charge in [-0.05, 0) is 32.9 Å². The lowest BCUT2D eigenvalue weighted by molar-refractivity contribution is -0.117. The van der Waals surface area contributed by atoms with E-state index in [1.165, 1.54) is 0 Å². The first-order valence-corrected chi connectivity index (χ1v) is 9.61. The summed E-state index contributed by atoms with van der Waals surface area (Å²) < 4.78 is 0.896. The normalized spacial score (nSPS) is 15.5. The fraction of sp³-hybridized carbons (Fsp3) is 0.333. The van der Waals surface area contributed by atoms with E-state index in [4.69, 9.17) is 23.8 Å². The summed E-state index contributed by atoms with van der Waals surface area (Å²) in [6.07, 6.45) is 0. The Hall–Kier alpha value is -0.750. The molecular weight excluding hydrogens is 342 g/mol. The number of hydrogen-bond donors (Lipinski definition) is 0. The van der Waals surface area contributed by atoms with Gasteiger partial charge in [0, 0.05) is 11.1 Å². The van der Waals surface area contributed by atoms with Gasteiger partial charge in [-0.1, -0.05) is 44.5 Å². The van der Waals surface area contributed by atoms with Crippen LogP contribution in [0.5, 0.6) is 0 Å². The maximum Gasteiger partial charge on any atom is 0.242 e.